The molecule has 0 fully saturated rings. The van der Waals surface area contributed by atoms with Gasteiger partial charge in [0.2, 0.25) is 0 Å². The number of carbonyl (C=O) groups excluding carboxylic acids is 3. The van der Waals surface area contributed by atoms with Crippen molar-refractivity contribution in [1.82, 2.24) is 0 Å². The molecule has 10 heteroatoms. The van der Waals surface area contributed by atoms with E-state index in [0.29, 0.717) is 33.3 Å². The third-order valence-corrected chi connectivity index (χ3v) is 5.17. The fourth-order valence-electron chi connectivity index (χ4n) is 3.09. The predicted octanol–water partition coefficient (Wildman–Crippen LogP) is 4.70. The van der Waals surface area contributed by atoms with E-state index in [1.165, 1.54) is 49.6 Å². The van der Waals surface area contributed by atoms with E-state index in [1.807, 2.05) is 6.07 Å². The van der Waals surface area contributed by atoms with Crippen molar-refractivity contribution in [3.05, 3.63) is 88.5 Å². The van der Waals surface area contributed by atoms with Gasteiger partial charge in [-0.15, -0.1) is 0 Å². The van der Waals surface area contributed by atoms with E-state index in [9.17, 15) is 19.6 Å². The Morgan fingerprint density at radius 1 is 0.946 bits per heavy atom. The van der Waals surface area contributed by atoms with E-state index in [1.54, 1.807) is 37.4 Å². The number of nitrogens with zero attached hydrogens (tertiary/aromatic N) is 1. The van der Waals surface area contributed by atoms with Crippen LogP contribution in [0.1, 0.15) is 15.9 Å². The second-order valence-electron chi connectivity index (χ2n) is 7.44. The Balaban J connectivity index is 1.71. The van der Waals surface area contributed by atoms with Gasteiger partial charge < -0.3 is 24.8 Å². The van der Waals surface area contributed by atoms with Crippen LogP contribution in [0.5, 0.6) is 11.5 Å². The van der Waals surface area contributed by atoms with E-state index in [0.717, 1.165) is 0 Å². The standard InChI is InChI=1S/C27H22ClN3O6/c1-35-23-10-8-21(9-11-23)30-25(32)16-37-24-12-5-20(28)14-18(24)13-19(15-29)26(33)31-22-6-3-17(4-7-22)27(34)36-2/h3-14H,16H2,1-2H3,(H,30,32)(H,31,33)/b19-13-. The number of esters is 1. The molecule has 0 unspecified atom stereocenters. The normalized spacial score (nSPS) is 10.6. The van der Waals surface area contributed by atoms with E-state index in [4.69, 9.17) is 21.1 Å². The van der Waals surface area contributed by atoms with E-state index in [2.05, 4.69) is 15.4 Å². The lowest BCUT2D eigenvalue weighted by molar-refractivity contribution is -0.118. The zero-order valence-electron chi connectivity index (χ0n) is 19.9. The van der Waals surface area contributed by atoms with Gasteiger partial charge >= 0.3 is 5.97 Å². The number of nitrogens with one attached hydrogen (secondary N) is 2. The van der Waals surface area contributed by atoms with Crippen LogP contribution in [0, 0.1) is 11.3 Å². The molecule has 3 aromatic carbocycles. The molecule has 3 rings (SSSR count). The van der Waals surface area contributed by atoms with Gasteiger partial charge in [-0.1, -0.05) is 11.6 Å². The van der Waals surface area contributed by atoms with Gasteiger partial charge in [0.25, 0.3) is 11.8 Å². The van der Waals surface area contributed by atoms with E-state index >= 15 is 0 Å². The van der Waals surface area contributed by atoms with Gasteiger partial charge in [-0.25, -0.2) is 4.79 Å². The van der Waals surface area contributed by atoms with Crippen molar-refractivity contribution in [2.24, 2.45) is 0 Å². The second-order valence-corrected chi connectivity index (χ2v) is 7.88. The summed E-state index contributed by atoms with van der Waals surface area (Å²) in [6.45, 7) is -0.324. The highest BCUT2D eigenvalue weighted by molar-refractivity contribution is 6.30. The Kier molecular flexibility index (Phi) is 9.24. The third kappa shape index (κ3) is 7.59. The quantitative estimate of drug-likeness (QED) is 0.238. The lowest BCUT2D eigenvalue weighted by Gasteiger charge is -2.11. The highest BCUT2D eigenvalue weighted by atomic mass is 35.5. The van der Waals surface area contributed by atoms with Crippen LogP contribution in [0.3, 0.4) is 0 Å². The number of halogens is 1. The summed E-state index contributed by atoms with van der Waals surface area (Å²) in [5.74, 6) is -0.707. The summed E-state index contributed by atoms with van der Waals surface area (Å²) in [6.07, 6.45) is 1.31. The Morgan fingerprint density at radius 2 is 1.59 bits per heavy atom. The largest absolute Gasteiger partial charge is 0.497 e. The molecule has 0 radical (unpaired) electrons. The zero-order chi connectivity index (χ0) is 26.8. The molecule has 0 saturated carbocycles. The van der Waals surface area contributed by atoms with Crippen LogP contribution in [0.4, 0.5) is 11.4 Å². The molecule has 0 spiro atoms. The molecular weight excluding hydrogens is 498 g/mol. The van der Waals surface area contributed by atoms with Gasteiger partial charge in [0, 0.05) is 22.0 Å². The number of hydrogen-bond donors (Lipinski definition) is 2. The van der Waals surface area contributed by atoms with Crippen LogP contribution in [0.15, 0.2) is 72.3 Å². The number of ether oxygens (including phenoxy) is 3. The number of hydrogen-bond acceptors (Lipinski definition) is 7. The average molecular weight is 520 g/mol. The Morgan fingerprint density at radius 3 is 2.22 bits per heavy atom. The second kappa shape index (κ2) is 12.8. The van der Waals surface area contributed by atoms with Crippen molar-refractivity contribution in [3.63, 3.8) is 0 Å². The molecule has 0 atom stereocenters. The van der Waals surface area contributed by atoms with Crippen molar-refractivity contribution in [1.29, 1.82) is 5.26 Å². The molecule has 188 valence electrons. The monoisotopic (exact) mass is 519 g/mol. The maximum Gasteiger partial charge on any atom is 0.337 e. The summed E-state index contributed by atoms with van der Waals surface area (Å²) in [5, 5.41) is 15.2. The van der Waals surface area contributed by atoms with Gasteiger partial charge in [-0.3, -0.25) is 9.59 Å². The van der Waals surface area contributed by atoms with Crippen LogP contribution in [-0.2, 0) is 14.3 Å². The first-order valence-corrected chi connectivity index (χ1v) is 11.2. The molecule has 0 aromatic heterocycles. The fourth-order valence-corrected chi connectivity index (χ4v) is 3.27. The number of nitriles is 1. The van der Waals surface area contributed by atoms with Crippen molar-refractivity contribution in [2.45, 2.75) is 0 Å². The number of methoxy groups -OCH3 is 2. The van der Waals surface area contributed by atoms with Crippen LogP contribution < -0.4 is 20.1 Å². The number of amides is 2. The lowest BCUT2D eigenvalue weighted by Crippen LogP contribution is -2.20. The number of rotatable bonds is 9. The number of carbonyl (C=O) groups is 3. The number of benzene rings is 3. The predicted molar refractivity (Wildman–Crippen MR) is 139 cm³/mol. The summed E-state index contributed by atoms with van der Waals surface area (Å²) in [4.78, 5) is 36.6. The molecule has 2 N–H and O–H groups in total. The Labute approximate surface area is 218 Å². The SMILES string of the molecule is COC(=O)c1ccc(NC(=O)/C(C#N)=C\c2cc(Cl)ccc2OCC(=O)Nc2ccc(OC)cc2)cc1. The zero-order valence-corrected chi connectivity index (χ0v) is 20.7. The van der Waals surface area contributed by atoms with Crippen LogP contribution >= 0.6 is 11.6 Å². The maximum atomic E-state index is 12.7. The van der Waals surface area contributed by atoms with Gasteiger partial charge in [0.1, 0.15) is 23.1 Å². The Bertz CT molecular complexity index is 1360. The Hall–Kier alpha value is -4.81. The van der Waals surface area contributed by atoms with Crippen LogP contribution in [0.2, 0.25) is 5.02 Å². The summed E-state index contributed by atoms with van der Waals surface area (Å²) >= 11 is 6.10. The average Bonchev–Trinajstić information content (AvgIpc) is 2.91. The molecule has 0 saturated heterocycles. The molecule has 0 aliphatic carbocycles. The molecular formula is C27H22ClN3O6. The summed E-state index contributed by atoms with van der Waals surface area (Å²) < 4.78 is 15.4. The molecule has 0 heterocycles. The van der Waals surface area contributed by atoms with Crippen LogP contribution in [-0.4, -0.2) is 38.6 Å². The molecule has 37 heavy (non-hydrogen) atoms. The highest BCUT2D eigenvalue weighted by Gasteiger charge is 2.14. The van der Waals surface area contributed by atoms with Crippen molar-refractivity contribution in [2.75, 3.05) is 31.5 Å². The van der Waals surface area contributed by atoms with Gasteiger partial charge in [0.05, 0.1) is 19.8 Å². The minimum Gasteiger partial charge on any atom is -0.497 e. The van der Waals surface area contributed by atoms with Crippen molar-refractivity contribution in [3.8, 4) is 17.6 Å². The first-order valence-electron chi connectivity index (χ1n) is 10.8. The molecule has 0 bridgehead atoms. The van der Waals surface area contributed by atoms with Gasteiger partial charge in [0.15, 0.2) is 6.61 Å². The number of anilines is 2. The first-order chi connectivity index (χ1) is 17.8. The minimum atomic E-state index is -0.684. The smallest absolute Gasteiger partial charge is 0.337 e. The molecule has 2 amide bonds. The summed E-state index contributed by atoms with van der Waals surface area (Å²) in [5.41, 5.74) is 1.35. The topological polar surface area (TPSA) is 127 Å². The first kappa shape index (κ1) is 26.8. The van der Waals surface area contributed by atoms with Crippen molar-refractivity contribution < 1.29 is 28.6 Å². The maximum absolute atomic E-state index is 12.7. The minimum absolute atomic E-state index is 0.230. The molecule has 0 aliphatic heterocycles. The lowest BCUT2D eigenvalue weighted by atomic mass is 10.1. The molecule has 0 aliphatic rings. The highest BCUT2D eigenvalue weighted by Crippen LogP contribution is 2.26. The summed E-state index contributed by atoms with van der Waals surface area (Å²) in [7, 11) is 2.81. The van der Waals surface area contributed by atoms with Gasteiger partial charge in [-0.05, 0) is 72.8 Å². The molecule has 9 nitrogen and oxygen atoms in total. The van der Waals surface area contributed by atoms with Crippen LogP contribution in [0.25, 0.3) is 6.08 Å². The summed E-state index contributed by atoms with van der Waals surface area (Å²) in [6, 6.07) is 19.2. The molecule has 3 aromatic rings. The van der Waals surface area contributed by atoms with E-state index in [-0.39, 0.29) is 17.9 Å². The van der Waals surface area contributed by atoms with Gasteiger partial charge in [-0.2, -0.15) is 5.26 Å². The fraction of sp³-hybridized carbons (Fsp3) is 0.111. The van der Waals surface area contributed by atoms with E-state index < -0.39 is 17.8 Å². The third-order valence-electron chi connectivity index (χ3n) is 4.93. The van der Waals surface area contributed by atoms with Crippen molar-refractivity contribution >= 4 is 46.8 Å².